The van der Waals surface area contributed by atoms with E-state index in [4.69, 9.17) is 23.2 Å². The number of thioether (sulfide) groups is 1. The molecule has 86 valence electrons. The fourth-order valence-corrected chi connectivity index (χ4v) is 5.17. The Kier molecular flexibility index (Phi) is 2.86. The zero-order valence-corrected chi connectivity index (χ0v) is 11.4. The molecule has 16 heavy (non-hydrogen) atoms. The normalized spacial score (nSPS) is 27.8. The number of likely N-dealkylation sites (tertiary alicyclic amines) is 1. The first-order valence-corrected chi connectivity index (χ1v) is 7.64. The van der Waals surface area contributed by atoms with E-state index in [0.717, 1.165) is 18.7 Å². The molecule has 2 atom stereocenters. The van der Waals surface area contributed by atoms with Crippen molar-refractivity contribution in [3.63, 3.8) is 0 Å². The van der Waals surface area contributed by atoms with Crippen LogP contribution in [0.1, 0.15) is 16.8 Å². The van der Waals surface area contributed by atoms with Crippen LogP contribution in [0.4, 0.5) is 0 Å². The second-order valence-corrected chi connectivity index (χ2v) is 7.66. The van der Waals surface area contributed by atoms with Gasteiger partial charge in [0.1, 0.15) is 4.34 Å². The fourth-order valence-electron chi connectivity index (χ4n) is 2.29. The van der Waals surface area contributed by atoms with Crippen molar-refractivity contribution in [2.24, 2.45) is 0 Å². The SMILES string of the molecule is O=C(c1cc(Cl)sc1Cl)N1C[C@H]2C[C@H]1CS2. The molecule has 2 saturated heterocycles. The average molecular weight is 294 g/mol. The number of amides is 1. The van der Waals surface area contributed by atoms with Crippen LogP contribution in [0.15, 0.2) is 6.07 Å². The van der Waals surface area contributed by atoms with Crippen molar-refractivity contribution in [3.05, 3.63) is 20.3 Å². The molecule has 0 saturated carbocycles. The summed E-state index contributed by atoms with van der Waals surface area (Å²) in [6.45, 7) is 0.859. The van der Waals surface area contributed by atoms with E-state index in [1.807, 2.05) is 16.7 Å². The smallest absolute Gasteiger partial charge is 0.256 e. The largest absolute Gasteiger partial charge is 0.334 e. The van der Waals surface area contributed by atoms with E-state index in [9.17, 15) is 4.79 Å². The molecule has 1 amide bonds. The summed E-state index contributed by atoms with van der Waals surface area (Å²) < 4.78 is 1.08. The van der Waals surface area contributed by atoms with Gasteiger partial charge in [-0.05, 0) is 12.5 Å². The predicted molar refractivity (Wildman–Crippen MR) is 70.0 cm³/mol. The third kappa shape index (κ3) is 1.76. The maximum atomic E-state index is 12.3. The van der Waals surface area contributed by atoms with E-state index in [0.29, 0.717) is 25.5 Å². The number of carbonyl (C=O) groups excluding carboxylic acids is 1. The lowest BCUT2D eigenvalue weighted by Gasteiger charge is -2.26. The van der Waals surface area contributed by atoms with Gasteiger partial charge in [0.05, 0.1) is 9.90 Å². The van der Waals surface area contributed by atoms with E-state index < -0.39 is 0 Å². The summed E-state index contributed by atoms with van der Waals surface area (Å²) in [5, 5.41) is 0.627. The first-order valence-electron chi connectivity index (χ1n) is 5.02. The lowest BCUT2D eigenvalue weighted by Crippen LogP contribution is -2.39. The fraction of sp³-hybridized carbons (Fsp3) is 0.500. The number of rotatable bonds is 1. The Labute approximate surface area is 112 Å². The lowest BCUT2D eigenvalue weighted by molar-refractivity contribution is 0.0748. The second-order valence-electron chi connectivity index (χ2n) is 4.04. The molecule has 3 rings (SSSR count). The minimum atomic E-state index is 0.0425. The number of hydrogen-bond donors (Lipinski definition) is 0. The third-order valence-electron chi connectivity index (χ3n) is 3.05. The van der Waals surface area contributed by atoms with Crippen molar-refractivity contribution in [2.45, 2.75) is 17.7 Å². The van der Waals surface area contributed by atoms with Crippen molar-refractivity contribution in [3.8, 4) is 0 Å². The third-order valence-corrected chi connectivity index (χ3v) is 5.93. The summed E-state index contributed by atoms with van der Waals surface area (Å²) in [5.41, 5.74) is 0.564. The van der Waals surface area contributed by atoms with E-state index in [-0.39, 0.29) is 5.91 Å². The Morgan fingerprint density at radius 3 is 2.81 bits per heavy atom. The van der Waals surface area contributed by atoms with Crippen molar-refractivity contribution >= 4 is 52.2 Å². The van der Waals surface area contributed by atoms with Crippen LogP contribution in [0.2, 0.25) is 8.67 Å². The topological polar surface area (TPSA) is 20.3 Å². The highest BCUT2D eigenvalue weighted by molar-refractivity contribution is 8.00. The van der Waals surface area contributed by atoms with Gasteiger partial charge in [0.15, 0.2) is 0 Å². The van der Waals surface area contributed by atoms with Crippen LogP contribution in [-0.2, 0) is 0 Å². The number of halogens is 2. The molecule has 0 radical (unpaired) electrons. The quantitative estimate of drug-likeness (QED) is 0.791. The summed E-state index contributed by atoms with van der Waals surface area (Å²) in [4.78, 5) is 14.2. The zero-order valence-electron chi connectivity index (χ0n) is 8.28. The van der Waals surface area contributed by atoms with Gasteiger partial charge in [-0.1, -0.05) is 23.2 Å². The zero-order chi connectivity index (χ0) is 11.3. The molecule has 2 aliphatic heterocycles. The summed E-state index contributed by atoms with van der Waals surface area (Å²) in [6, 6.07) is 2.08. The van der Waals surface area contributed by atoms with Crippen LogP contribution < -0.4 is 0 Å². The molecule has 0 aliphatic carbocycles. The minimum Gasteiger partial charge on any atom is -0.334 e. The van der Waals surface area contributed by atoms with Gasteiger partial charge in [0.25, 0.3) is 5.91 Å². The van der Waals surface area contributed by atoms with E-state index in [2.05, 4.69) is 0 Å². The Bertz CT molecular complexity index is 448. The lowest BCUT2D eigenvalue weighted by atomic mass is 10.2. The summed E-state index contributed by atoms with van der Waals surface area (Å²) in [5.74, 6) is 1.10. The number of hydrogen-bond acceptors (Lipinski definition) is 3. The van der Waals surface area contributed by atoms with Gasteiger partial charge in [-0.25, -0.2) is 0 Å². The molecule has 1 aromatic rings. The van der Waals surface area contributed by atoms with Gasteiger partial charge in [-0.2, -0.15) is 11.8 Å². The van der Waals surface area contributed by atoms with Gasteiger partial charge in [0.2, 0.25) is 0 Å². The van der Waals surface area contributed by atoms with Crippen LogP contribution in [0.25, 0.3) is 0 Å². The van der Waals surface area contributed by atoms with Crippen LogP contribution in [0.3, 0.4) is 0 Å². The second kappa shape index (κ2) is 4.09. The molecular formula is C10H9Cl2NOS2. The molecule has 0 unspecified atom stereocenters. The van der Waals surface area contributed by atoms with Gasteiger partial charge < -0.3 is 4.90 Å². The molecule has 2 aliphatic rings. The van der Waals surface area contributed by atoms with Crippen molar-refractivity contribution in [1.82, 2.24) is 4.90 Å². The summed E-state index contributed by atoms with van der Waals surface area (Å²) in [6.07, 6.45) is 1.13. The minimum absolute atomic E-state index is 0.0425. The highest BCUT2D eigenvalue weighted by Crippen LogP contribution is 2.40. The molecule has 2 nitrogen and oxygen atoms in total. The summed E-state index contributed by atoms with van der Waals surface area (Å²) >= 11 is 15.1. The molecule has 0 spiro atoms. The maximum absolute atomic E-state index is 12.3. The van der Waals surface area contributed by atoms with E-state index in [1.54, 1.807) is 6.07 Å². The first kappa shape index (κ1) is 11.2. The maximum Gasteiger partial charge on any atom is 0.256 e. The van der Waals surface area contributed by atoms with Gasteiger partial charge >= 0.3 is 0 Å². The first-order chi connectivity index (χ1) is 7.65. The van der Waals surface area contributed by atoms with Gasteiger partial charge in [-0.3, -0.25) is 4.79 Å². The van der Waals surface area contributed by atoms with Crippen molar-refractivity contribution in [2.75, 3.05) is 12.3 Å². The number of fused-ring (bicyclic) bond motifs is 2. The van der Waals surface area contributed by atoms with Crippen LogP contribution in [0, 0.1) is 0 Å². The predicted octanol–water partition coefficient (Wildman–Crippen LogP) is 3.38. The monoisotopic (exact) mass is 293 g/mol. The molecule has 3 heterocycles. The average Bonchev–Trinajstić information content (AvgIpc) is 2.91. The van der Waals surface area contributed by atoms with Crippen LogP contribution >= 0.6 is 46.3 Å². The molecule has 6 heteroatoms. The molecular weight excluding hydrogens is 285 g/mol. The molecule has 0 aromatic carbocycles. The van der Waals surface area contributed by atoms with E-state index in [1.165, 1.54) is 11.3 Å². The van der Waals surface area contributed by atoms with Crippen molar-refractivity contribution < 1.29 is 4.79 Å². The highest BCUT2D eigenvalue weighted by atomic mass is 35.5. The highest BCUT2D eigenvalue weighted by Gasteiger charge is 2.41. The number of nitrogens with zero attached hydrogens (tertiary/aromatic N) is 1. The Morgan fingerprint density at radius 1 is 1.50 bits per heavy atom. The Balaban J connectivity index is 1.86. The number of carbonyl (C=O) groups is 1. The molecule has 1 aromatic heterocycles. The Hall–Kier alpha value is 0.1000. The Morgan fingerprint density at radius 2 is 2.31 bits per heavy atom. The van der Waals surface area contributed by atoms with Crippen LogP contribution in [-0.4, -0.2) is 34.4 Å². The van der Waals surface area contributed by atoms with E-state index >= 15 is 0 Å². The summed E-state index contributed by atoms with van der Waals surface area (Å²) in [7, 11) is 0. The molecule has 0 N–H and O–H groups in total. The van der Waals surface area contributed by atoms with Gasteiger partial charge in [0, 0.05) is 23.6 Å². The van der Waals surface area contributed by atoms with Crippen LogP contribution in [0.5, 0.6) is 0 Å². The number of thiophene rings is 1. The van der Waals surface area contributed by atoms with Crippen molar-refractivity contribution in [1.29, 1.82) is 0 Å². The molecule has 2 fully saturated rings. The molecule has 2 bridgehead atoms. The standard InChI is InChI=1S/C10H9Cl2NOS2/c11-8-2-7(9(12)16-8)10(14)13-3-6-1-5(13)4-15-6/h2,5-6H,1,3-4H2/t5-,6+/m0/s1. The van der Waals surface area contributed by atoms with Gasteiger partial charge in [-0.15, -0.1) is 11.3 Å².